The van der Waals surface area contributed by atoms with Crippen molar-refractivity contribution in [1.29, 1.82) is 0 Å². The van der Waals surface area contributed by atoms with Gasteiger partial charge in [0.1, 0.15) is 11.5 Å². The Morgan fingerprint density at radius 1 is 1.19 bits per heavy atom. The van der Waals surface area contributed by atoms with Crippen molar-refractivity contribution in [1.82, 2.24) is 29.0 Å². The maximum absolute atomic E-state index is 12.8. The lowest BCUT2D eigenvalue weighted by atomic mass is 9.85. The van der Waals surface area contributed by atoms with Gasteiger partial charge in [-0.2, -0.15) is 10.2 Å². The molecule has 2 aliphatic heterocycles. The summed E-state index contributed by atoms with van der Waals surface area (Å²) in [7, 11) is 1.75. The summed E-state index contributed by atoms with van der Waals surface area (Å²) in [6.07, 6.45) is 4.97. The van der Waals surface area contributed by atoms with Crippen molar-refractivity contribution in [3.05, 3.63) is 44.5 Å². The van der Waals surface area contributed by atoms with E-state index in [4.69, 9.17) is 0 Å². The third kappa shape index (κ3) is 2.48. The molecule has 142 valence electrons. The first-order valence-corrected chi connectivity index (χ1v) is 9.52. The number of hydrogen-bond donors (Lipinski definition) is 0. The third-order valence-corrected chi connectivity index (χ3v) is 6.34. The van der Waals surface area contributed by atoms with Crippen molar-refractivity contribution in [3.63, 3.8) is 0 Å². The van der Waals surface area contributed by atoms with Gasteiger partial charge < -0.3 is 4.90 Å². The maximum Gasteiger partial charge on any atom is 0.332 e. The Kier molecular flexibility index (Phi) is 3.60. The molecule has 0 bridgehead atoms. The summed E-state index contributed by atoms with van der Waals surface area (Å²) in [6.45, 7) is 2.06. The summed E-state index contributed by atoms with van der Waals surface area (Å²) in [5.74, 6) is 1.18. The van der Waals surface area contributed by atoms with E-state index in [2.05, 4.69) is 10.2 Å². The first kappa shape index (κ1) is 16.5. The first-order chi connectivity index (χ1) is 13.0. The number of fused-ring (bicyclic) bond motifs is 3. The van der Waals surface area contributed by atoms with E-state index in [1.54, 1.807) is 24.0 Å². The number of likely N-dealkylation sites (tertiary alicyclic amines) is 1. The molecule has 0 aromatic carbocycles. The van der Waals surface area contributed by atoms with Crippen LogP contribution in [0.3, 0.4) is 0 Å². The van der Waals surface area contributed by atoms with Gasteiger partial charge in [0, 0.05) is 51.3 Å². The Balaban J connectivity index is 1.44. The van der Waals surface area contributed by atoms with Gasteiger partial charge in [0.2, 0.25) is 0 Å². The molecule has 1 saturated heterocycles. The van der Waals surface area contributed by atoms with Crippen molar-refractivity contribution >= 4 is 5.91 Å². The van der Waals surface area contributed by atoms with Crippen LogP contribution in [0.1, 0.15) is 41.5 Å². The molecule has 2 aromatic heterocycles. The average Bonchev–Trinajstić information content (AvgIpc) is 3.29. The molecule has 3 aliphatic rings. The Labute approximate surface area is 155 Å². The highest BCUT2D eigenvalue weighted by Crippen LogP contribution is 2.37. The number of rotatable bonds is 3. The smallest absolute Gasteiger partial charge is 0.332 e. The van der Waals surface area contributed by atoms with Crippen LogP contribution in [0.5, 0.6) is 0 Å². The molecule has 0 unspecified atom stereocenters. The van der Waals surface area contributed by atoms with E-state index < -0.39 is 11.1 Å². The molecule has 9 nitrogen and oxygen atoms in total. The molecule has 1 amide bonds. The van der Waals surface area contributed by atoms with Crippen LogP contribution >= 0.6 is 0 Å². The van der Waals surface area contributed by atoms with E-state index in [1.807, 2.05) is 4.90 Å². The van der Waals surface area contributed by atoms with Crippen molar-refractivity contribution in [3.8, 4) is 0 Å². The number of aromatic nitrogens is 5. The molecule has 0 spiro atoms. The van der Waals surface area contributed by atoms with E-state index in [0.29, 0.717) is 43.6 Å². The van der Waals surface area contributed by atoms with Gasteiger partial charge in [-0.1, -0.05) is 6.42 Å². The van der Waals surface area contributed by atoms with Crippen LogP contribution in [0.2, 0.25) is 0 Å². The van der Waals surface area contributed by atoms with Crippen molar-refractivity contribution in [2.24, 2.45) is 18.9 Å². The summed E-state index contributed by atoms with van der Waals surface area (Å²) in [4.78, 5) is 39.5. The highest BCUT2D eigenvalue weighted by atomic mass is 16.2. The van der Waals surface area contributed by atoms with Gasteiger partial charge in [-0.25, -0.2) is 4.68 Å². The van der Waals surface area contributed by atoms with Crippen LogP contribution in [-0.4, -0.2) is 48.0 Å². The predicted molar refractivity (Wildman–Crippen MR) is 95.4 cm³/mol. The maximum atomic E-state index is 12.8. The van der Waals surface area contributed by atoms with Gasteiger partial charge in [-0.3, -0.25) is 23.6 Å². The minimum absolute atomic E-state index is 0.00289. The Morgan fingerprint density at radius 2 is 2.00 bits per heavy atom. The van der Waals surface area contributed by atoms with Gasteiger partial charge in [0.05, 0.1) is 0 Å². The van der Waals surface area contributed by atoms with E-state index in [0.717, 1.165) is 12.8 Å². The summed E-state index contributed by atoms with van der Waals surface area (Å²) in [6, 6.07) is 1.71. The number of hydrogen-bond acceptors (Lipinski definition) is 5. The summed E-state index contributed by atoms with van der Waals surface area (Å²) >= 11 is 0. The van der Waals surface area contributed by atoms with Crippen LogP contribution < -0.4 is 11.1 Å². The topological polar surface area (TPSA) is 95.0 Å². The standard InChI is InChI=1S/C18H22N6O3/c1-21-14(5-6-19-21)16(25)22-8-12-9-23-15(13(12)10-22)20-24(18(27)17(23)26)7-11-3-2-4-11/h5-6,11-13H,2-4,7-10H2,1H3/t12-,13-/m1/s1. The van der Waals surface area contributed by atoms with Gasteiger partial charge >= 0.3 is 11.1 Å². The second-order valence-electron chi connectivity index (χ2n) is 7.97. The normalized spacial score (nSPS) is 24.0. The lowest BCUT2D eigenvalue weighted by Crippen LogP contribution is -2.45. The molecule has 0 N–H and O–H groups in total. The molecule has 1 saturated carbocycles. The monoisotopic (exact) mass is 370 g/mol. The second kappa shape index (κ2) is 5.90. The highest BCUT2D eigenvalue weighted by Gasteiger charge is 2.44. The number of amides is 1. The Hall–Kier alpha value is -2.71. The summed E-state index contributed by atoms with van der Waals surface area (Å²) < 4.78 is 4.47. The quantitative estimate of drug-likeness (QED) is 0.698. The average molecular weight is 370 g/mol. The molecular formula is C18H22N6O3. The van der Waals surface area contributed by atoms with Gasteiger partial charge in [-0.05, 0) is 24.8 Å². The molecule has 0 radical (unpaired) electrons. The molecule has 27 heavy (non-hydrogen) atoms. The minimum Gasteiger partial charge on any atom is -0.336 e. The van der Waals surface area contributed by atoms with Crippen LogP contribution in [0.4, 0.5) is 0 Å². The third-order valence-electron chi connectivity index (χ3n) is 6.34. The largest absolute Gasteiger partial charge is 0.336 e. The molecule has 4 heterocycles. The van der Waals surface area contributed by atoms with Crippen molar-refractivity contribution in [2.75, 3.05) is 13.1 Å². The molecular weight excluding hydrogens is 348 g/mol. The SMILES string of the molecule is Cn1nccc1C(=O)N1C[C@@H]2Cn3c(nn(CC4CCC4)c(=O)c3=O)[C@@H]2C1. The molecule has 9 heteroatoms. The molecule has 5 rings (SSSR count). The number of carbonyl (C=O) groups excluding carboxylic acids is 1. The van der Waals surface area contributed by atoms with E-state index >= 15 is 0 Å². The lowest BCUT2D eigenvalue weighted by Gasteiger charge is -2.25. The van der Waals surface area contributed by atoms with E-state index in [-0.39, 0.29) is 17.7 Å². The molecule has 2 atom stereocenters. The summed E-state index contributed by atoms with van der Waals surface area (Å²) in [5.41, 5.74) is -0.443. The van der Waals surface area contributed by atoms with Crippen molar-refractivity contribution in [2.45, 2.75) is 38.3 Å². The van der Waals surface area contributed by atoms with Crippen molar-refractivity contribution < 1.29 is 4.79 Å². The number of aryl methyl sites for hydroxylation is 1. The molecule has 1 aliphatic carbocycles. The van der Waals surface area contributed by atoms with Crippen LogP contribution in [0, 0.1) is 11.8 Å². The zero-order chi connectivity index (χ0) is 18.7. The van der Waals surface area contributed by atoms with Crippen LogP contribution in [0.15, 0.2) is 21.9 Å². The van der Waals surface area contributed by atoms with E-state index in [9.17, 15) is 14.4 Å². The second-order valence-corrected chi connectivity index (χ2v) is 7.97. The zero-order valence-electron chi connectivity index (χ0n) is 15.2. The number of carbonyl (C=O) groups is 1. The minimum atomic E-state index is -0.520. The fourth-order valence-corrected chi connectivity index (χ4v) is 4.54. The highest BCUT2D eigenvalue weighted by molar-refractivity contribution is 5.92. The van der Waals surface area contributed by atoms with Gasteiger partial charge in [0.15, 0.2) is 0 Å². The Bertz CT molecular complexity index is 1030. The fourth-order valence-electron chi connectivity index (χ4n) is 4.54. The molecule has 2 fully saturated rings. The van der Waals surface area contributed by atoms with Crippen LogP contribution in [-0.2, 0) is 20.1 Å². The first-order valence-electron chi connectivity index (χ1n) is 9.52. The van der Waals surface area contributed by atoms with Gasteiger partial charge in [-0.15, -0.1) is 0 Å². The number of nitrogens with zero attached hydrogens (tertiary/aromatic N) is 6. The van der Waals surface area contributed by atoms with E-state index in [1.165, 1.54) is 15.7 Å². The van der Waals surface area contributed by atoms with Gasteiger partial charge in [0.25, 0.3) is 5.91 Å². The molecule has 2 aromatic rings. The lowest BCUT2D eigenvalue weighted by molar-refractivity contribution is 0.0772. The predicted octanol–water partition coefficient (Wildman–Crippen LogP) is -0.192. The fraction of sp³-hybridized carbons (Fsp3) is 0.611. The summed E-state index contributed by atoms with van der Waals surface area (Å²) in [5, 5.41) is 8.63. The Morgan fingerprint density at radius 3 is 2.67 bits per heavy atom. The van der Waals surface area contributed by atoms with Crippen LogP contribution in [0.25, 0.3) is 0 Å². The zero-order valence-corrected chi connectivity index (χ0v) is 15.2.